The van der Waals surface area contributed by atoms with E-state index in [1.807, 2.05) is 13.1 Å². The second-order valence-electron chi connectivity index (χ2n) is 5.49. The number of hydrogen-bond acceptors (Lipinski definition) is 4. The summed E-state index contributed by atoms with van der Waals surface area (Å²) >= 11 is 1.70. The number of guanidine groups is 1. The second-order valence-corrected chi connectivity index (χ2v) is 6.81. The van der Waals surface area contributed by atoms with Gasteiger partial charge < -0.3 is 15.4 Å². The Kier molecular flexibility index (Phi) is 5.12. The van der Waals surface area contributed by atoms with Crippen LogP contribution in [0.3, 0.4) is 0 Å². The van der Waals surface area contributed by atoms with Crippen LogP contribution in [0, 0.1) is 6.92 Å². The predicted molar refractivity (Wildman–Crippen MR) is 94.4 cm³/mol. The number of hydrogen-bond donors (Lipinski definition) is 2. The van der Waals surface area contributed by atoms with Crippen LogP contribution in [0.5, 0.6) is 5.75 Å². The van der Waals surface area contributed by atoms with E-state index in [-0.39, 0.29) is 0 Å². The number of fused-ring (bicyclic) bond motifs is 1. The molecule has 0 saturated carbocycles. The molecule has 0 atom stereocenters. The molecule has 3 rings (SSSR count). The quantitative estimate of drug-likeness (QED) is 0.652. The maximum absolute atomic E-state index is 5.54. The lowest BCUT2D eigenvalue weighted by Crippen LogP contribution is -2.37. The molecule has 0 amide bonds. The van der Waals surface area contributed by atoms with Gasteiger partial charge in [-0.05, 0) is 30.5 Å². The van der Waals surface area contributed by atoms with Crippen molar-refractivity contribution >= 4 is 17.3 Å². The molecular weight excluding hydrogens is 308 g/mol. The molecule has 122 valence electrons. The zero-order chi connectivity index (χ0) is 16.1. The van der Waals surface area contributed by atoms with E-state index in [9.17, 15) is 0 Å². The fourth-order valence-corrected chi connectivity index (χ4v) is 3.33. The van der Waals surface area contributed by atoms with Crippen molar-refractivity contribution in [3.63, 3.8) is 0 Å². The number of benzene rings is 1. The van der Waals surface area contributed by atoms with Crippen LogP contribution in [0.1, 0.15) is 21.0 Å². The minimum absolute atomic E-state index is 0.751. The van der Waals surface area contributed by atoms with Crippen LogP contribution in [0.15, 0.2) is 29.4 Å². The summed E-state index contributed by atoms with van der Waals surface area (Å²) < 4.78 is 5.54. The van der Waals surface area contributed by atoms with E-state index < -0.39 is 0 Å². The molecule has 2 aromatic rings. The molecule has 1 aliphatic heterocycles. The lowest BCUT2D eigenvalue weighted by atomic mass is 10.1. The summed E-state index contributed by atoms with van der Waals surface area (Å²) in [4.78, 5) is 9.73. The number of aryl methyl sites for hydroxylation is 1. The van der Waals surface area contributed by atoms with E-state index in [0.29, 0.717) is 0 Å². The lowest BCUT2D eigenvalue weighted by molar-refractivity contribution is 0.357. The number of nitrogens with one attached hydrogen (secondary N) is 2. The molecule has 6 heteroatoms. The highest BCUT2D eigenvalue weighted by molar-refractivity contribution is 7.11. The van der Waals surface area contributed by atoms with Gasteiger partial charge in [0.25, 0.3) is 0 Å². The molecule has 0 saturated heterocycles. The maximum atomic E-state index is 5.54. The van der Waals surface area contributed by atoms with Crippen molar-refractivity contribution in [2.75, 3.05) is 20.2 Å². The molecule has 1 aromatic heterocycles. The summed E-state index contributed by atoms with van der Waals surface area (Å²) in [6, 6.07) is 6.47. The molecule has 0 spiro atoms. The van der Waals surface area contributed by atoms with Crippen LogP contribution >= 0.6 is 11.3 Å². The zero-order valence-corrected chi connectivity index (χ0v) is 14.4. The van der Waals surface area contributed by atoms with E-state index in [1.54, 1.807) is 18.4 Å². The summed E-state index contributed by atoms with van der Waals surface area (Å²) in [7, 11) is 1.79. The highest BCUT2D eigenvalue weighted by atomic mass is 32.1. The fourth-order valence-electron chi connectivity index (χ4n) is 2.60. The molecule has 0 aliphatic carbocycles. The van der Waals surface area contributed by atoms with Gasteiger partial charge in [-0.2, -0.15) is 0 Å². The minimum Gasteiger partial charge on any atom is -0.493 e. The Balaban J connectivity index is 1.45. The average molecular weight is 330 g/mol. The van der Waals surface area contributed by atoms with E-state index in [2.05, 4.69) is 38.8 Å². The Hall–Kier alpha value is -2.08. The van der Waals surface area contributed by atoms with Gasteiger partial charge in [-0.3, -0.25) is 4.99 Å². The summed E-state index contributed by atoms with van der Waals surface area (Å²) in [5, 5.41) is 7.76. The third-order valence-electron chi connectivity index (χ3n) is 3.78. The van der Waals surface area contributed by atoms with Crippen molar-refractivity contribution in [1.82, 2.24) is 15.6 Å². The minimum atomic E-state index is 0.751. The number of nitrogens with zero attached hydrogens (tertiary/aromatic N) is 2. The SMILES string of the molecule is CN=C(NCCc1ccc2c(c1)CCO2)NCc1cnc(C)s1. The van der Waals surface area contributed by atoms with Gasteiger partial charge in [0.1, 0.15) is 5.75 Å². The molecule has 0 fully saturated rings. The van der Waals surface area contributed by atoms with Gasteiger partial charge in [0.2, 0.25) is 0 Å². The first-order chi connectivity index (χ1) is 11.2. The maximum Gasteiger partial charge on any atom is 0.191 e. The molecule has 23 heavy (non-hydrogen) atoms. The van der Waals surface area contributed by atoms with Crippen molar-refractivity contribution in [2.24, 2.45) is 4.99 Å². The van der Waals surface area contributed by atoms with Gasteiger partial charge in [0.05, 0.1) is 18.2 Å². The van der Waals surface area contributed by atoms with E-state index in [0.717, 1.165) is 49.3 Å². The molecule has 2 N–H and O–H groups in total. The van der Waals surface area contributed by atoms with Gasteiger partial charge in [0.15, 0.2) is 5.96 Å². The first-order valence-corrected chi connectivity index (χ1v) is 8.66. The predicted octanol–water partition coefficient (Wildman–Crippen LogP) is 2.29. The van der Waals surface area contributed by atoms with Crippen LogP contribution in [-0.4, -0.2) is 31.1 Å². The standard InChI is InChI=1S/C17H22N4OS/c1-12-20-10-15(23-12)11-21-17(18-2)19-7-5-13-3-4-16-14(9-13)6-8-22-16/h3-4,9-10H,5-8,11H2,1-2H3,(H2,18,19,21). The first-order valence-electron chi connectivity index (χ1n) is 7.85. The Morgan fingerprint density at radius 2 is 2.30 bits per heavy atom. The Morgan fingerprint density at radius 3 is 3.09 bits per heavy atom. The topological polar surface area (TPSA) is 58.5 Å². The van der Waals surface area contributed by atoms with Gasteiger partial charge >= 0.3 is 0 Å². The van der Waals surface area contributed by atoms with Gasteiger partial charge in [-0.1, -0.05) is 12.1 Å². The van der Waals surface area contributed by atoms with Crippen molar-refractivity contribution in [3.8, 4) is 5.75 Å². The molecule has 0 bridgehead atoms. The zero-order valence-electron chi connectivity index (χ0n) is 13.6. The smallest absolute Gasteiger partial charge is 0.191 e. The number of ether oxygens (including phenoxy) is 1. The lowest BCUT2D eigenvalue weighted by Gasteiger charge is -2.11. The third kappa shape index (κ3) is 4.22. The molecular formula is C17H22N4OS. The Morgan fingerprint density at radius 1 is 1.39 bits per heavy atom. The molecule has 1 aromatic carbocycles. The summed E-state index contributed by atoms with van der Waals surface area (Å²) in [6.07, 6.45) is 3.90. The monoisotopic (exact) mass is 330 g/mol. The number of rotatable bonds is 5. The van der Waals surface area contributed by atoms with Crippen molar-refractivity contribution in [1.29, 1.82) is 0 Å². The van der Waals surface area contributed by atoms with Gasteiger partial charge in [0, 0.05) is 31.1 Å². The highest BCUT2D eigenvalue weighted by Gasteiger charge is 2.11. The number of aliphatic imine (C=N–C) groups is 1. The normalized spacial score (nSPS) is 13.6. The van der Waals surface area contributed by atoms with Crippen molar-refractivity contribution in [3.05, 3.63) is 45.4 Å². The van der Waals surface area contributed by atoms with Crippen LogP contribution in [0.2, 0.25) is 0 Å². The summed E-state index contributed by atoms with van der Waals surface area (Å²) in [6.45, 7) is 4.43. The average Bonchev–Trinajstić information content (AvgIpc) is 3.18. The third-order valence-corrected chi connectivity index (χ3v) is 4.70. The molecule has 2 heterocycles. The molecule has 0 radical (unpaired) electrons. The number of thiazole rings is 1. The Bertz CT molecular complexity index is 696. The van der Waals surface area contributed by atoms with Crippen LogP contribution in [0.25, 0.3) is 0 Å². The van der Waals surface area contributed by atoms with E-state index in [4.69, 9.17) is 4.74 Å². The van der Waals surface area contributed by atoms with Gasteiger partial charge in [-0.25, -0.2) is 4.98 Å². The van der Waals surface area contributed by atoms with Crippen molar-refractivity contribution in [2.45, 2.75) is 26.3 Å². The second kappa shape index (κ2) is 7.46. The molecule has 5 nitrogen and oxygen atoms in total. The van der Waals surface area contributed by atoms with Crippen LogP contribution in [-0.2, 0) is 19.4 Å². The highest BCUT2D eigenvalue weighted by Crippen LogP contribution is 2.25. The van der Waals surface area contributed by atoms with Crippen LogP contribution in [0.4, 0.5) is 0 Å². The Labute approximate surface area is 140 Å². The van der Waals surface area contributed by atoms with E-state index in [1.165, 1.54) is 16.0 Å². The van der Waals surface area contributed by atoms with E-state index >= 15 is 0 Å². The summed E-state index contributed by atoms with van der Waals surface area (Å²) in [5.74, 6) is 1.86. The summed E-state index contributed by atoms with van der Waals surface area (Å²) in [5.41, 5.74) is 2.65. The molecule has 0 unspecified atom stereocenters. The fraction of sp³-hybridized carbons (Fsp3) is 0.412. The molecule has 1 aliphatic rings. The largest absolute Gasteiger partial charge is 0.493 e. The van der Waals surface area contributed by atoms with Gasteiger partial charge in [-0.15, -0.1) is 11.3 Å². The van der Waals surface area contributed by atoms with Crippen molar-refractivity contribution < 1.29 is 4.74 Å². The first kappa shape index (κ1) is 15.8. The number of aromatic nitrogens is 1. The van der Waals surface area contributed by atoms with Crippen LogP contribution < -0.4 is 15.4 Å².